The number of hydrogen-bond donors (Lipinski definition) is 1. The van der Waals surface area contributed by atoms with E-state index in [1.807, 2.05) is 6.07 Å². The lowest BCUT2D eigenvalue weighted by atomic mass is 10.2. The molecule has 2 aromatic rings. The van der Waals surface area contributed by atoms with Crippen LogP contribution in [-0.4, -0.2) is 25.7 Å². The van der Waals surface area contributed by atoms with Gasteiger partial charge in [-0.05, 0) is 43.3 Å². The highest BCUT2D eigenvalue weighted by Crippen LogP contribution is 2.28. The third kappa shape index (κ3) is 5.63. The van der Waals surface area contributed by atoms with Crippen molar-refractivity contribution in [1.82, 2.24) is 0 Å². The van der Waals surface area contributed by atoms with Gasteiger partial charge in [-0.25, -0.2) is 0 Å². The fourth-order valence-corrected chi connectivity index (χ4v) is 2.03. The van der Waals surface area contributed by atoms with Gasteiger partial charge in [-0.2, -0.15) is 14.0 Å². The van der Waals surface area contributed by atoms with E-state index in [-0.39, 0.29) is 12.4 Å². The van der Waals surface area contributed by atoms with E-state index in [9.17, 15) is 13.6 Å². The molecule has 0 aliphatic carbocycles. The Hall–Kier alpha value is -3.34. The van der Waals surface area contributed by atoms with Gasteiger partial charge in [-0.3, -0.25) is 4.79 Å². The minimum absolute atomic E-state index is 0.00631. The molecular weight excluding hydrogens is 346 g/mol. The molecule has 0 radical (unpaired) electrons. The predicted molar refractivity (Wildman–Crippen MR) is 89.5 cm³/mol. The van der Waals surface area contributed by atoms with Crippen LogP contribution in [0.4, 0.5) is 14.5 Å². The Morgan fingerprint density at radius 1 is 1.15 bits per heavy atom. The Labute approximate surface area is 148 Å². The number of benzene rings is 2. The predicted octanol–water partition coefficient (Wildman–Crippen LogP) is 3.58. The lowest BCUT2D eigenvalue weighted by Crippen LogP contribution is -2.20. The number of carbonyl (C=O) groups is 1. The van der Waals surface area contributed by atoms with E-state index in [0.29, 0.717) is 29.4 Å². The Kier molecular flexibility index (Phi) is 6.74. The van der Waals surface area contributed by atoms with Crippen molar-refractivity contribution in [2.24, 2.45) is 0 Å². The molecule has 0 aliphatic heterocycles. The molecule has 0 aromatic heterocycles. The van der Waals surface area contributed by atoms with Crippen LogP contribution in [-0.2, 0) is 4.79 Å². The maximum Gasteiger partial charge on any atom is 0.387 e. The van der Waals surface area contributed by atoms with E-state index in [2.05, 4.69) is 10.1 Å². The average Bonchev–Trinajstić information content (AvgIpc) is 2.62. The first-order chi connectivity index (χ1) is 12.5. The summed E-state index contributed by atoms with van der Waals surface area (Å²) in [7, 11) is 0. The van der Waals surface area contributed by atoms with Crippen LogP contribution in [0.15, 0.2) is 42.5 Å². The summed E-state index contributed by atoms with van der Waals surface area (Å²) in [4.78, 5) is 12.0. The minimum atomic E-state index is -2.91. The number of rotatable bonds is 8. The molecule has 2 aromatic carbocycles. The number of ether oxygens (including phenoxy) is 3. The van der Waals surface area contributed by atoms with Crippen molar-refractivity contribution in [3.63, 3.8) is 0 Å². The van der Waals surface area contributed by atoms with Crippen LogP contribution in [0.1, 0.15) is 12.5 Å². The first-order valence-electron chi connectivity index (χ1n) is 7.66. The third-order valence-electron chi connectivity index (χ3n) is 3.09. The molecule has 26 heavy (non-hydrogen) atoms. The Bertz CT molecular complexity index is 789. The van der Waals surface area contributed by atoms with Gasteiger partial charge in [0.2, 0.25) is 0 Å². The van der Waals surface area contributed by atoms with Crippen LogP contribution in [0, 0.1) is 11.3 Å². The number of anilines is 1. The van der Waals surface area contributed by atoms with Gasteiger partial charge in [0.25, 0.3) is 5.91 Å². The Morgan fingerprint density at radius 2 is 1.88 bits per heavy atom. The highest BCUT2D eigenvalue weighted by molar-refractivity contribution is 5.91. The molecule has 0 heterocycles. The second-order valence-electron chi connectivity index (χ2n) is 4.95. The van der Waals surface area contributed by atoms with Gasteiger partial charge < -0.3 is 19.5 Å². The standard InChI is InChI=1S/C18H16F2N2O4/c1-2-24-16-9-12(10-21)3-8-15(16)25-11-17(23)22-13-4-6-14(7-5-13)26-18(19)20/h3-9,18H,2,11H2,1H3,(H,22,23). The number of alkyl halides is 2. The second kappa shape index (κ2) is 9.22. The molecule has 1 amide bonds. The number of nitrogens with one attached hydrogen (secondary N) is 1. The summed E-state index contributed by atoms with van der Waals surface area (Å²) in [6, 6.07) is 12.1. The van der Waals surface area contributed by atoms with Crippen LogP contribution in [0.25, 0.3) is 0 Å². The van der Waals surface area contributed by atoms with Crippen molar-refractivity contribution in [1.29, 1.82) is 5.26 Å². The highest BCUT2D eigenvalue weighted by atomic mass is 19.3. The van der Waals surface area contributed by atoms with Gasteiger partial charge in [0, 0.05) is 11.8 Å². The summed E-state index contributed by atoms with van der Waals surface area (Å²) in [5.74, 6) is 0.252. The average molecular weight is 362 g/mol. The Balaban J connectivity index is 1.93. The maximum atomic E-state index is 12.1. The summed E-state index contributed by atoms with van der Waals surface area (Å²) < 4.78 is 39.2. The molecule has 2 rings (SSSR count). The third-order valence-corrected chi connectivity index (χ3v) is 3.09. The van der Waals surface area contributed by atoms with Crippen molar-refractivity contribution >= 4 is 11.6 Å². The van der Waals surface area contributed by atoms with E-state index in [0.717, 1.165) is 0 Å². The lowest BCUT2D eigenvalue weighted by Gasteiger charge is -2.12. The van der Waals surface area contributed by atoms with Gasteiger partial charge in [0.05, 0.1) is 18.2 Å². The zero-order valence-electron chi connectivity index (χ0n) is 13.9. The SMILES string of the molecule is CCOc1cc(C#N)ccc1OCC(=O)Nc1ccc(OC(F)F)cc1. The van der Waals surface area contributed by atoms with Crippen molar-refractivity contribution in [3.05, 3.63) is 48.0 Å². The number of halogens is 2. The number of nitrogens with zero attached hydrogens (tertiary/aromatic N) is 1. The molecule has 8 heteroatoms. The summed E-state index contributed by atoms with van der Waals surface area (Å²) in [6.45, 7) is -1.03. The molecule has 6 nitrogen and oxygen atoms in total. The van der Waals surface area contributed by atoms with Crippen molar-refractivity contribution in [2.45, 2.75) is 13.5 Å². The summed E-state index contributed by atoms with van der Waals surface area (Å²) in [5, 5.41) is 11.5. The molecule has 136 valence electrons. The van der Waals surface area contributed by atoms with Crippen molar-refractivity contribution in [2.75, 3.05) is 18.5 Å². The fraction of sp³-hybridized carbons (Fsp3) is 0.222. The smallest absolute Gasteiger partial charge is 0.387 e. The zero-order chi connectivity index (χ0) is 18.9. The molecule has 0 aliphatic rings. The topological polar surface area (TPSA) is 80.6 Å². The van der Waals surface area contributed by atoms with E-state index >= 15 is 0 Å². The Morgan fingerprint density at radius 3 is 2.50 bits per heavy atom. The van der Waals surface area contributed by atoms with E-state index in [4.69, 9.17) is 14.7 Å². The van der Waals surface area contributed by atoms with Gasteiger partial charge in [0.15, 0.2) is 18.1 Å². The van der Waals surface area contributed by atoms with Crippen LogP contribution in [0.5, 0.6) is 17.2 Å². The first kappa shape index (κ1) is 19.0. The molecule has 0 unspecified atom stereocenters. The monoisotopic (exact) mass is 362 g/mol. The van der Waals surface area contributed by atoms with Crippen LogP contribution in [0.3, 0.4) is 0 Å². The summed E-state index contributed by atoms with van der Waals surface area (Å²) in [5.41, 5.74) is 0.821. The minimum Gasteiger partial charge on any atom is -0.490 e. The van der Waals surface area contributed by atoms with Crippen molar-refractivity contribution < 1.29 is 27.8 Å². The quantitative estimate of drug-likeness (QED) is 0.776. The highest BCUT2D eigenvalue weighted by Gasteiger charge is 2.10. The molecule has 0 spiro atoms. The fourth-order valence-electron chi connectivity index (χ4n) is 2.03. The second-order valence-corrected chi connectivity index (χ2v) is 4.95. The van der Waals surface area contributed by atoms with Gasteiger partial charge >= 0.3 is 6.61 Å². The number of amides is 1. The number of hydrogen-bond acceptors (Lipinski definition) is 5. The number of carbonyl (C=O) groups excluding carboxylic acids is 1. The molecular formula is C18H16F2N2O4. The van der Waals surface area contributed by atoms with E-state index < -0.39 is 12.5 Å². The van der Waals surface area contributed by atoms with E-state index in [1.54, 1.807) is 19.1 Å². The van der Waals surface area contributed by atoms with Crippen LogP contribution >= 0.6 is 0 Å². The lowest BCUT2D eigenvalue weighted by molar-refractivity contribution is -0.118. The maximum absolute atomic E-state index is 12.1. The molecule has 0 saturated carbocycles. The number of nitriles is 1. The van der Waals surface area contributed by atoms with E-state index in [1.165, 1.54) is 30.3 Å². The molecule has 1 N–H and O–H groups in total. The largest absolute Gasteiger partial charge is 0.490 e. The summed E-state index contributed by atoms with van der Waals surface area (Å²) >= 11 is 0. The van der Waals surface area contributed by atoms with Crippen molar-refractivity contribution in [3.8, 4) is 23.3 Å². The molecule has 0 bridgehead atoms. The van der Waals surface area contributed by atoms with Crippen LogP contribution < -0.4 is 19.5 Å². The zero-order valence-corrected chi connectivity index (χ0v) is 13.9. The molecule has 0 saturated heterocycles. The normalized spacial score (nSPS) is 10.1. The van der Waals surface area contributed by atoms with Gasteiger partial charge in [-0.15, -0.1) is 0 Å². The van der Waals surface area contributed by atoms with Crippen LogP contribution in [0.2, 0.25) is 0 Å². The molecule has 0 fully saturated rings. The first-order valence-corrected chi connectivity index (χ1v) is 7.66. The van der Waals surface area contributed by atoms with Gasteiger partial charge in [0.1, 0.15) is 5.75 Å². The van der Waals surface area contributed by atoms with Gasteiger partial charge in [-0.1, -0.05) is 0 Å². The molecule has 0 atom stereocenters. The summed E-state index contributed by atoms with van der Waals surface area (Å²) in [6.07, 6.45) is 0.